The molecule has 1 saturated carbocycles. The Hall–Kier alpha value is -3.15. The van der Waals surface area contributed by atoms with E-state index in [2.05, 4.69) is 24.0 Å². The number of amides is 1. The van der Waals surface area contributed by atoms with Crippen molar-refractivity contribution < 1.29 is 19.4 Å². The Labute approximate surface area is 227 Å². The molecule has 5 rings (SSSR count). The third kappa shape index (κ3) is 5.89. The van der Waals surface area contributed by atoms with Gasteiger partial charge in [-0.15, -0.1) is 0 Å². The lowest BCUT2D eigenvalue weighted by Crippen LogP contribution is -2.37. The molecule has 2 aliphatic rings. The van der Waals surface area contributed by atoms with Crippen molar-refractivity contribution in [2.75, 3.05) is 6.61 Å². The van der Waals surface area contributed by atoms with E-state index in [1.54, 1.807) is 36.4 Å². The predicted octanol–water partition coefficient (Wildman–Crippen LogP) is 8.18. The summed E-state index contributed by atoms with van der Waals surface area (Å²) in [4.78, 5) is 12.8. The van der Waals surface area contributed by atoms with Crippen molar-refractivity contribution in [2.45, 2.75) is 50.0 Å². The Morgan fingerprint density at radius 1 is 0.973 bits per heavy atom. The van der Waals surface area contributed by atoms with Crippen molar-refractivity contribution in [3.63, 3.8) is 0 Å². The first kappa shape index (κ1) is 25.5. The van der Waals surface area contributed by atoms with Gasteiger partial charge in [0.15, 0.2) is 0 Å². The van der Waals surface area contributed by atoms with Crippen LogP contribution in [-0.2, 0) is 0 Å². The van der Waals surface area contributed by atoms with Crippen LogP contribution in [0.4, 0.5) is 0 Å². The van der Waals surface area contributed by atoms with Gasteiger partial charge < -0.3 is 19.9 Å². The molecule has 0 aromatic heterocycles. The van der Waals surface area contributed by atoms with Gasteiger partial charge in [-0.05, 0) is 86.1 Å². The van der Waals surface area contributed by atoms with Gasteiger partial charge in [0, 0.05) is 34.2 Å². The minimum atomic E-state index is -0.208. The van der Waals surface area contributed by atoms with Gasteiger partial charge >= 0.3 is 0 Å². The molecule has 1 fully saturated rings. The van der Waals surface area contributed by atoms with Crippen LogP contribution in [0.15, 0.2) is 73.0 Å². The van der Waals surface area contributed by atoms with Gasteiger partial charge in [-0.2, -0.15) is 0 Å². The average Bonchev–Trinajstić information content (AvgIpc) is 2.90. The number of carbonyl (C=O) groups is 1. The van der Waals surface area contributed by atoms with E-state index in [1.807, 2.05) is 12.1 Å². The molecule has 1 aliphatic carbocycles. The van der Waals surface area contributed by atoms with Crippen molar-refractivity contribution in [1.29, 1.82) is 0 Å². The highest BCUT2D eigenvalue weighted by atomic mass is 35.5. The second-order valence-corrected chi connectivity index (χ2v) is 10.5. The number of nitrogens with one attached hydrogen (secondary N) is 1. The molecular formula is C30H29Cl2NO4. The number of fused-ring (bicyclic) bond motifs is 1. The Kier molecular flexibility index (Phi) is 7.63. The summed E-state index contributed by atoms with van der Waals surface area (Å²) >= 11 is 12.5. The molecule has 1 aliphatic heterocycles. The van der Waals surface area contributed by atoms with Gasteiger partial charge in [0.05, 0.1) is 17.4 Å². The summed E-state index contributed by atoms with van der Waals surface area (Å²) in [7, 11) is 0. The zero-order chi connectivity index (χ0) is 25.9. The third-order valence-corrected chi connectivity index (χ3v) is 7.80. The Morgan fingerprint density at radius 2 is 1.68 bits per heavy atom. The number of ether oxygens (including phenoxy) is 2. The van der Waals surface area contributed by atoms with Crippen LogP contribution in [0.1, 0.15) is 65.4 Å². The lowest BCUT2D eigenvalue weighted by molar-refractivity contribution is 0.0926. The van der Waals surface area contributed by atoms with E-state index < -0.39 is 0 Å². The van der Waals surface area contributed by atoms with Crippen molar-refractivity contribution in [1.82, 2.24) is 5.32 Å². The summed E-state index contributed by atoms with van der Waals surface area (Å²) in [5, 5.41) is 14.2. The summed E-state index contributed by atoms with van der Waals surface area (Å²) in [5.41, 5.74) is 2.69. The lowest BCUT2D eigenvalue weighted by Gasteiger charge is -2.29. The first-order valence-electron chi connectivity index (χ1n) is 12.6. The van der Waals surface area contributed by atoms with E-state index in [0.717, 1.165) is 36.3 Å². The molecule has 0 radical (unpaired) electrons. The van der Waals surface area contributed by atoms with E-state index >= 15 is 0 Å². The van der Waals surface area contributed by atoms with Gasteiger partial charge in [0.1, 0.15) is 17.2 Å². The van der Waals surface area contributed by atoms with E-state index in [4.69, 9.17) is 32.7 Å². The molecule has 1 amide bonds. The fraction of sp³-hybridized carbons (Fsp3) is 0.300. The van der Waals surface area contributed by atoms with Crippen LogP contribution in [0.5, 0.6) is 17.2 Å². The van der Waals surface area contributed by atoms with Gasteiger partial charge in [0.2, 0.25) is 0 Å². The van der Waals surface area contributed by atoms with Crippen LogP contribution in [0.25, 0.3) is 0 Å². The summed E-state index contributed by atoms with van der Waals surface area (Å²) < 4.78 is 11.7. The second-order valence-electron chi connectivity index (χ2n) is 9.70. The Bertz CT molecular complexity index is 1280. The quantitative estimate of drug-likeness (QED) is 0.311. The van der Waals surface area contributed by atoms with Crippen LogP contribution < -0.4 is 14.8 Å². The molecule has 7 heteroatoms. The highest BCUT2D eigenvalue weighted by molar-refractivity contribution is 6.32. The maximum atomic E-state index is 12.8. The van der Waals surface area contributed by atoms with Crippen LogP contribution in [0.3, 0.4) is 0 Å². The fourth-order valence-corrected chi connectivity index (χ4v) is 5.53. The number of allylic oxidation sites excluding steroid dienone is 1. The van der Waals surface area contributed by atoms with Crippen LogP contribution in [0, 0.1) is 0 Å². The van der Waals surface area contributed by atoms with Crippen molar-refractivity contribution in [3.05, 3.63) is 99.7 Å². The maximum absolute atomic E-state index is 12.8. The molecule has 1 atom stereocenters. The monoisotopic (exact) mass is 537 g/mol. The maximum Gasteiger partial charge on any atom is 0.251 e. The number of hydrogen-bond acceptors (Lipinski definition) is 4. The number of aliphatic hydroxyl groups is 1. The molecule has 1 unspecified atom stereocenters. The number of halogens is 2. The topological polar surface area (TPSA) is 67.8 Å². The SMILES string of the molecule is C=C(O)C1CCOc2cc(Oc3ccc(C(=O)NC4CCC(c5ccc(Cl)cc5)CC4)cc3)c(Cl)cc21. The minimum absolute atomic E-state index is 0.0861. The van der Waals surface area contributed by atoms with E-state index in [0.29, 0.717) is 46.8 Å². The van der Waals surface area contributed by atoms with Gasteiger partial charge in [-0.1, -0.05) is 41.9 Å². The highest BCUT2D eigenvalue weighted by Gasteiger charge is 2.26. The lowest BCUT2D eigenvalue weighted by atomic mass is 9.81. The standard InChI is InChI=1S/C30H29Cl2NO4/c1-18(34)25-14-15-36-28-17-29(27(32)16-26(25)28)37-24-12-6-21(7-13-24)30(35)33-23-10-4-20(5-11-23)19-2-8-22(31)9-3-19/h2-3,6-9,12-13,16-17,20,23,25,34H,1,4-5,10-11,14-15H2,(H,33,35). The third-order valence-electron chi connectivity index (χ3n) is 7.25. The van der Waals surface area contributed by atoms with E-state index in [-0.39, 0.29) is 23.6 Å². The molecule has 5 nitrogen and oxygen atoms in total. The van der Waals surface area contributed by atoms with Gasteiger partial charge in [-0.3, -0.25) is 4.79 Å². The highest BCUT2D eigenvalue weighted by Crippen LogP contribution is 2.43. The summed E-state index contributed by atoms with van der Waals surface area (Å²) in [6.45, 7) is 4.14. The predicted molar refractivity (Wildman–Crippen MR) is 147 cm³/mol. The number of aliphatic hydroxyl groups excluding tert-OH is 1. The molecule has 37 heavy (non-hydrogen) atoms. The fourth-order valence-electron chi connectivity index (χ4n) is 5.19. The second kappa shape index (κ2) is 11.1. The van der Waals surface area contributed by atoms with Gasteiger partial charge in [-0.25, -0.2) is 0 Å². The number of rotatable bonds is 6. The normalized spacial score (nSPS) is 20.9. The largest absolute Gasteiger partial charge is 0.512 e. The molecule has 0 bridgehead atoms. The number of benzene rings is 3. The number of carbonyl (C=O) groups excluding carboxylic acids is 1. The summed E-state index contributed by atoms with van der Waals surface area (Å²) in [6.07, 6.45) is 4.62. The summed E-state index contributed by atoms with van der Waals surface area (Å²) in [5.74, 6) is 1.93. The van der Waals surface area contributed by atoms with E-state index in [1.165, 1.54) is 5.56 Å². The van der Waals surface area contributed by atoms with Crippen LogP contribution in [-0.4, -0.2) is 23.7 Å². The number of hydrogen-bond donors (Lipinski definition) is 2. The average molecular weight is 538 g/mol. The minimum Gasteiger partial charge on any atom is -0.512 e. The Balaban J connectivity index is 1.18. The van der Waals surface area contributed by atoms with Crippen molar-refractivity contribution in [3.8, 4) is 17.2 Å². The molecule has 0 saturated heterocycles. The first-order chi connectivity index (χ1) is 17.9. The molecule has 192 valence electrons. The van der Waals surface area contributed by atoms with Crippen molar-refractivity contribution in [2.24, 2.45) is 0 Å². The molecule has 1 heterocycles. The van der Waals surface area contributed by atoms with Gasteiger partial charge in [0.25, 0.3) is 5.91 Å². The zero-order valence-electron chi connectivity index (χ0n) is 20.4. The molecular weight excluding hydrogens is 509 g/mol. The summed E-state index contributed by atoms with van der Waals surface area (Å²) in [6, 6.07) is 18.7. The van der Waals surface area contributed by atoms with Crippen molar-refractivity contribution >= 4 is 29.1 Å². The zero-order valence-corrected chi connectivity index (χ0v) is 21.9. The first-order valence-corrected chi connectivity index (χ1v) is 13.3. The van der Waals surface area contributed by atoms with Crippen LogP contribution >= 0.6 is 23.2 Å². The molecule has 0 spiro atoms. The molecule has 3 aromatic carbocycles. The van der Waals surface area contributed by atoms with E-state index in [9.17, 15) is 9.90 Å². The van der Waals surface area contributed by atoms with Crippen LogP contribution in [0.2, 0.25) is 10.0 Å². The molecule has 2 N–H and O–H groups in total. The smallest absolute Gasteiger partial charge is 0.251 e. The Morgan fingerprint density at radius 3 is 2.35 bits per heavy atom. The molecule has 3 aromatic rings.